The molecule has 4 nitrogen and oxygen atoms in total. The van der Waals surface area contributed by atoms with Gasteiger partial charge in [0, 0.05) is 5.56 Å². The Bertz CT molecular complexity index is 781. The first-order chi connectivity index (χ1) is 10.1. The number of benzene rings is 2. The van der Waals surface area contributed by atoms with Gasteiger partial charge >= 0.3 is 0 Å². The molecule has 0 fully saturated rings. The van der Waals surface area contributed by atoms with Gasteiger partial charge < -0.3 is 9.73 Å². The molecule has 0 saturated carbocycles. The minimum absolute atomic E-state index is 0.202. The molecule has 0 unspecified atom stereocenters. The maximum Gasteiger partial charge on any atom is 0.251 e. The lowest BCUT2D eigenvalue weighted by Crippen LogP contribution is -2.22. The maximum atomic E-state index is 12.0. The summed E-state index contributed by atoms with van der Waals surface area (Å²) in [6, 6.07) is 12.1. The minimum Gasteiger partial charge on any atom is -0.439 e. The Kier molecular flexibility index (Phi) is 3.82. The van der Waals surface area contributed by atoms with E-state index in [-0.39, 0.29) is 12.5 Å². The first-order valence-electron chi connectivity index (χ1n) is 6.21. The zero-order chi connectivity index (χ0) is 14.8. The molecule has 0 spiro atoms. The normalized spacial score (nSPS) is 10.8. The number of amides is 1. The van der Waals surface area contributed by atoms with Gasteiger partial charge in [0.2, 0.25) is 5.89 Å². The fraction of sp³-hybridized carbons (Fsp3) is 0.0667. The van der Waals surface area contributed by atoms with Gasteiger partial charge in [-0.2, -0.15) is 0 Å². The van der Waals surface area contributed by atoms with Crippen LogP contribution in [0.25, 0.3) is 11.1 Å². The van der Waals surface area contributed by atoms with E-state index in [4.69, 9.17) is 27.6 Å². The van der Waals surface area contributed by atoms with Crippen LogP contribution in [-0.2, 0) is 6.54 Å². The fourth-order valence-corrected chi connectivity index (χ4v) is 2.19. The highest BCUT2D eigenvalue weighted by atomic mass is 35.5. The molecule has 21 heavy (non-hydrogen) atoms. The zero-order valence-corrected chi connectivity index (χ0v) is 12.3. The number of nitrogens with one attached hydrogen (secondary N) is 1. The van der Waals surface area contributed by atoms with E-state index in [0.717, 1.165) is 5.52 Å². The Morgan fingerprint density at radius 2 is 1.95 bits per heavy atom. The van der Waals surface area contributed by atoms with Gasteiger partial charge in [0.1, 0.15) is 5.52 Å². The van der Waals surface area contributed by atoms with Gasteiger partial charge in [-0.3, -0.25) is 4.79 Å². The molecule has 0 aliphatic rings. The largest absolute Gasteiger partial charge is 0.439 e. The molecule has 0 atom stereocenters. The average molecular weight is 321 g/mol. The number of carbonyl (C=O) groups is 1. The van der Waals surface area contributed by atoms with Crippen LogP contribution >= 0.6 is 23.2 Å². The SMILES string of the molecule is O=C(NCc1nc2ccccc2o1)c1ccc(Cl)c(Cl)c1. The van der Waals surface area contributed by atoms with Crippen molar-refractivity contribution in [2.24, 2.45) is 0 Å². The molecule has 0 aliphatic heterocycles. The number of aromatic nitrogens is 1. The van der Waals surface area contributed by atoms with Crippen molar-refractivity contribution in [3.05, 3.63) is 64.0 Å². The standard InChI is InChI=1S/C15H10Cl2N2O2/c16-10-6-5-9(7-11(10)17)15(20)18-8-14-19-12-3-1-2-4-13(12)21-14/h1-7H,8H2,(H,18,20). The van der Waals surface area contributed by atoms with Crippen LogP contribution in [0.5, 0.6) is 0 Å². The predicted octanol–water partition coefficient (Wildman–Crippen LogP) is 4.06. The summed E-state index contributed by atoms with van der Waals surface area (Å²) in [5.41, 5.74) is 1.88. The van der Waals surface area contributed by atoms with E-state index in [0.29, 0.717) is 27.1 Å². The van der Waals surface area contributed by atoms with E-state index in [9.17, 15) is 4.79 Å². The molecule has 0 radical (unpaired) electrons. The van der Waals surface area contributed by atoms with Crippen LogP contribution in [-0.4, -0.2) is 10.9 Å². The van der Waals surface area contributed by atoms with Gasteiger partial charge in [-0.05, 0) is 30.3 Å². The number of halogens is 2. The van der Waals surface area contributed by atoms with Crippen molar-refractivity contribution in [2.45, 2.75) is 6.54 Å². The van der Waals surface area contributed by atoms with Crippen LogP contribution in [0.2, 0.25) is 10.0 Å². The number of hydrogen-bond acceptors (Lipinski definition) is 3. The number of hydrogen-bond donors (Lipinski definition) is 1. The number of carbonyl (C=O) groups excluding carboxylic acids is 1. The van der Waals surface area contributed by atoms with E-state index in [1.54, 1.807) is 12.1 Å². The number of para-hydroxylation sites is 2. The molecule has 1 aromatic heterocycles. The van der Waals surface area contributed by atoms with Gasteiger partial charge in [-0.25, -0.2) is 4.98 Å². The fourth-order valence-electron chi connectivity index (χ4n) is 1.89. The Hall–Kier alpha value is -2.04. The molecule has 0 aliphatic carbocycles. The summed E-state index contributed by atoms with van der Waals surface area (Å²) < 4.78 is 5.52. The predicted molar refractivity (Wildman–Crippen MR) is 81.6 cm³/mol. The van der Waals surface area contributed by atoms with Crippen LogP contribution in [0, 0.1) is 0 Å². The van der Waals surface area contributed by atoms with E-state index in [1.165, 1.54) is 6.07 Å². The second-order valence-electron chi connectivity index (χ2n) is 4.39. The van der Waals surface area contributed by atoms with E-state index in [1.807, 2.05) is 24.3 Å². The van der Waals surface area contributed by atoms with Gasteiger partial charge in [-0.15, -0.1) is 0 Å². The Labute approximate surface area is 130 Å². The van der Waals surface area contributed by atoms with Gasteiger partial charge in [0.05, 0.1) is 16.6 Å². The summed E-state index contributed by atoms with van der Waals surface area (Å²) in [5, 5.41) is 3.47. The van der Waals surface area contributed by atoms with Crippen LogP contribution in [0.1, 0.15) is 16.2 Å². The van der Waals surface area contributed by atoms with Crippen LogP contribution < -0.4 is 5.32 Å². The Balaban J connectivity index is 1.71. The molecule has 1 N–H and O–H groups in total. The molecular weight excluding hydrogens is 311 g/mol. The quantitative estimate of drug-likeness (QED) is 0.791. The summed E-state index contributed by atoms with van der Waals surface area (Å²) in [6.45, 7) is 0.202. The van der Waals surface area contributed by atoms with Gasteiger partial charge in [0.15, 0.2) is 5.58 Å². The highest BCUT2D eigenvalue weighted by Gasteiger charge is 2.10. The van der Waals surface area contributed by atoms with E-state index in [2.05, 4.69) is 10.3 Å². The third-order valence-electron chi connectivity index (χ3n) is 2.92. The first kappa shape index (κ1) is 13.9. The molecule has 2 aromatic carbocycles. The van der Waals surface area contributed by atoms with Crippen LogP contribution in [0.4, 0.5) is 0 Å². The van der Waals surface area contributed by atoms with Gasteiger partial charge in [0.25, 0.3) is 5.91 Å². The van der Waals surface area contributed by atoms with Crippen molar-refractivity contribution in [1.29, 1.82) is 0 Å². The van der Waals surface area contributed by atoms with Gasteiger partial charge in [-0.1, -0.05) is 35.3 Å². The van der Waals surface area contributed by atoms with E-state index >= 15 is 0 Å². The topological polar surface area (TPSA) is 55.1 Å². The monoisotopic (exact) mass is 320 g/mol. The molecule has 106 valence electrons. The van der Waals surface area contributed by atoms with Crippen molar-refractivity contribution in [3.63, 3.8) is 0 Å². The van der Waals surface area contributed by atoms with E-state index < -0.39 is 0 Å². The van der Waals surface area contributed by atoms with Crippen molar-refractivity contribution >= 4 is 40.2 Å². The van der Waals surface area contributed by atoms with Crippen LogP contribution in [0.15, 0.2) is 46.9 Å². The molecule has 0 saturated heterocycles. The number of fused-ring (bicyclic) bond motifs is 1. The molecule has 1 amide bonds. The zero-order valence-electron chi connectivity index (χ0n) is 10.8. The maximum absolute atomic E-state index is 12.0. The van der Waals surface area contributed by atoms with Crippen molar-refractivity contribution in [2.75, 3.05) is 0 Å². The third kappa shape index (κ3) is 3.01. The minimum atomic E-state index is -0.268. The number of nitrogens with zero attached hydrogens (tertiary/aromatic N) is 1. The average Bonchev–Trinajstić information content (AvgIpc) is 2.90. The highest BCUT2D eigenvalue weighted by molar-refractivity contribution is 6.42. The Morgan fingerprint density at radius 3 is 2.71 bits per heavy atom. The summed E-state index contributed by atoms with van der Waals surface area (Å²) in [7, 11) is 0. The number of rotatable bonds is 3. The van der Waals surface area contributed by atoms with Crippen molar-refractivity contribution in [1.82, 2.24) is 10.3 Å². The summed E-state index contributed by atoms with van der Waals surface area (Å²) >= 11 is 11.7. The second kappa shape index (κ2) is 5.76. The first-order valence-corrected chi connectivity index (χ1v) is 6.97. The lowest BCUT2D eigenvalue weighted by Gasteiger charge is -2.04. The molecule has 6 heteroatoms. The summed E-state index contributed by atoms with van der Waals surface area (Å²) in [5.74, 6) is 0.181. The van der Waals surface area contributed by atoms with Crippen molar-refractivity contribution in [3.8, 4) is 0 Å². The highest BCUT2D eigenvalue weighted by Crippen LogP contribution is 2.22. The van der Waals surface area contributed by atoms with Crippen LogP contribution in [0.3, 0.4) is 0 Å². The summed E-state index contributed by atoms with van der Waals surface area (Å²) in [4.78, 5) is 16.3. The lowest BCUT2D eigenvalue weighted by molar-refractivity contribution is 0.0947. The molecule has 3 rings (SSSR count). The second-order valence-corrected chi connectivity index (χ2v) is 5.20. The number of oxazole rings is 1. The smallest absolute Gasteiger partial charge is 0.251 e. The third-order valence-corrected chi connectivity index (χ3v) is 3.66. The molecular formula is C15H10Cl2N2O2. The molecule has 0 bridgehead atoms. The molecule has 3 aromatic rings. The Morgan fingerprint density at radius 1 is 1.14 bits per heavy atom. The molecule has 1 heterocycles. The summed E-state index contributed by atoms with van der Waals surface area (Å²) in [6.07, 6.45) is 0. The van der Waals surface area contributed by atoms with Crippen molar-refractivity contribution < 1.29 is 9.21 Å². The lowest BCUT2D eigenvalue weighted by atomic mass is 10.2.